The fraction of sp³-hybridized carbons (Fsp3) is 0.400. The van der Waals surface area contributed by atoms with Gasteiger partial charge in [-0.25, -0.2) is 14.7 Å². The molecule has 182 valence electrons. The maximum Gasteiger partial charge on any atom is 0.191 e. The maximum absolute atomic E-state index is 5.96. The van der Waals surface area contributed by atoms with Crippen molar-refractivity contribution in [3.8, 4) is 5.75 Å². The molecule has 0 amide bonds. The monoisotopic (exact) mass is 576 g/mol. The first-order valence-corrected chi connectivity index (χ1v) is 11.5. The summed E-state index contributed by atoms with van der Waals surface area (Å²) in [5, 5.41) is 11.5. The standard InChI is InChI=1S/C25H32N6O2.HI/c1-3-26-25(28-21-13-14-24-29-23(18-32-2)30-31(24)16-21)27-15-19-9-7-8-10-20(19)17-33-22-11-5-4-6-12-22;/h4-12,21H,3,13-18H2,1-2H3,(H2,26,27,28);1H. The number of halogens is 1. The van der Waals surface area contributed by atoms with Crippen molar-refractivity contribution in [1.29, 1.82) is 0 Å². The van der Waals surface area contributed by atoms with Gasteiger partial charge in [0.2, 0.25) is 0 Å². The summed E-state index contributed by atoms with van der Waals surface area (Å²) in [5.74, 6) is 3.43. The second-order valence-electron chi connectivity index (χ2n) is 8.00. The molecule has 1 aromatic heterocycles. The quantitative estimate of drug-likeness (QED) is 0.230. The van der Waals surface area contributed by atoms with Gasteiger partial charge in [-0.3, -0.25) is 0 Å². The number of aryl methyl sites for hydroxylation is 1. The lowest BCUT2D eigenvalue weighted by atomic mass is 10.1. The van der Waals surface area contributed by atoms with Gasteiger partial charge < -0.3 is 20.1 Å². The number of benzene rings is 2. The number of nitrogens with one attached hydrogen (secondary N) is 2. The lowest BCUT2D eigenvalue weighted by Gasteiger charge is -2.25. The number of hydrogen-bond acceptors (Lipinski definition) is 5. The summed E-state index contributed by atoms with van der Waals surface area (Å²) in [4.78, 5) is 9.41. The lowest BCUT2D eigenvalue weighted by molar-refractivity contribution is 0.177. The second kappa shape index (κ2) is 13.3. The van der Waals surface area contributed by atoms with Gasteiger partial charge in [-0.05, 0) is 36.6 Å². The van der Waals surface area contributed by atoms with E-state index in [0.29, 0.717) is 19.8 Å². The van der Waals surface area contributed by atoms with E-state index in [4.69, 9.17) is 14.5 Å². The molecule has 0 bridgehead atoms. The first-order chi connectivity index (χ1) is 16.2. The van der Waals surface area contributed by atoms with E-state index in [1.54, 1.807) is 7.11 Å². The van der Waals surface area contributed by atoms with Gasteiger partial charge in [0.25, 0.3) is 0 Å². The predicted molar refractivity (Wildman–Crippen MR) is 143 cm³/mol. The van der Waals surface area contributed by atoms with E-state index >= 15 is 0 Å². The molecule has 2 N–H and O–H groups in total. The van der Waals surface area contributed by atoms with Gasteiger partial charge in [0.05, 0.1) is 13.1 Å². The van der Waals surface area contributed by atoms with Crippen molar-refractivity contribution in [3.63, 3.8) is 0 Å². The number of ether oxygens (including phenoxy) is 2. The zero-order valence-electron chi connectivity index (χ0n) is 19.7. The topological polar surface area (TPSA) is 85.6 Å². The van der Waals surface area contributed by atoms with E-state index in [1.165, 1.54) is 0 Å². The van der Waals surface area contributed by atoms with E-state index in [2.05, 4.69) is 39.8 Å². The Morgan fingerprint density at radius 2 is 1.85 bits per heavy atom. The van der Waals surface area contributed by atoms with Crippen LogP contribution in [0.25, 0.3) is 0 Å². The molecule has 34 heavy (non-hydrogen) atoms. The van der Waals surface area contributed by atoms with Crippen molar-refractivity contribution in [2.45, 2.75) is 52.1 Å². The van der Waals surface area contributed by atoms with Crippen LogP contribution in [0.4, 0.5) is 0 Å². The molecule has 8 nitrogen and oxygen atoms in total. The van der Waals surface area contributed by atoms with Crippen molar-refractivity contribution >= 4 is 29.9 Å². The third kappa shape index (κ3) is 7.17. The normalized spacial score (nSPS) is 15.2. The summed E-state index contributed by atoms with van der Waals surface area (Å²) in [7, 11) is 1.66. The molecule has 3 aromatic rings. The number of para-hydroxylation sites is 1. The molecule has 2 heterocycles. The van der Waals surface area contributed by atoms with Crippen LogP contribution in [0.5, 0.6) is 5.75 Å². The molecule has 4 rings (SSSR count). The van der Waals surface area contributed by atoms with Gasteiger partial charge in [-0.1, -0.05) is 42.5 Å². The van der Waals surface area contributed by atoms with Gasteiger partial charge in [0.1, 0.15) is 24.8 Å². The molecular formula is C25H33IN6O2. The Kier molecular flexibility index (Phi) is 10.1. The lowest BCUT2D eigenvalue weighted by Crippen LogP contribution is -2.47. The van der Waals surface area contributed by atoms with Crippen molar-refractivity contribution in [2.75, 3.05) is 13.7 Å². The van der Waals surface area contributed by atoms with Crippen LogP contribution in [-0.2, 0) is 37.5 Å². The predicted octanol–water partition coefficient (Wildman–Crippen LogP) is 3.69. The van der Waals surface area contributed by atoms with Crippen LogP contribution >= 0.6 is 24.0 Å². The summed E-state index contributed by atoms with van der Waals surface area (Å²) < 4.78 is 13.1. The van der Waals surface area contributed by atoms with Crippen molar-refractivity contribution in [3.05, 3.63) is 77.4 Å². The van der Waals surface area contributed by atoms with Gasteiger partial charge in [-0.15, -0.1) is 24.0 Å². The van der Waals surface area contributed by atoms with Crippen LogP contribution in [0.2, 0.25) is 0 Å². The van der Waals surface area contributed by atoms with Gasteiger partial charge in [-0.2, -0.15) is 5.10 Å². The zero-order chi connectivity index (χ0) is 22.9. The Morgan fingerprint density at radius 3 is 2.62 bits per heavy atom. The number of aliphatic imine (C=N–C) groups is 1. The van der Waals surface area contributed by atoms with E-state index in [0.717, 1.165) is 60.4 Å². The highest BCUT2D eigenvalue weighted by Gasteiger charge is 2.22. The number of rotatable bonds is 9. The van der Waals surface area contributed by atoms with Crippen LogP contribution in [-0.4, -0.2) is 40.4 Å². The minimum atomic E-state index is 0. The van der Waals surface area contributed by atoms with E-state index in [-0.39, 0.29) is 30.0 Å². The first-order valence-electron chi connectivity index (χ1n) is 11.5. The largest absolute Gasteiger partial charge is 0.489 e. The van der Waals surface area contributed by atoms with Crippen LogP contribution in [0.3, 0.4) is 0 Å². The summed E-state index contributed by atoms with van der Waals surface area (Å²) in [6.07, 6.45) is 1.87. The second-order valence-corrected chi connectivity index (χ2v) is 8.00. The molecular weight excluding hydrogens is 543 g/mol. The molecule has 1 aliphatic rings. The number of methoxy groups -OCH3 is 1. The fourth-order valence-corrected chi connectivity index (χ4v) is 3.88. The fourth-order valence-electron chi connectivity index (χ4n) is 3.88. The van der Waals surface area contributed by atoms with E-state index in [9.17, 15) is 0 Å². The Hall–Kier alpha value is -2.66. The molecule has 0 radical (unpaired) electrons. The number of fused-ring (bicyclic) bond motifs is 1. The Bertz CT molecular complexity index is 1060. The Morgan fingerprint density at radius 1 is 1.09 bits per heavy atom. The molecule has 1 aliphatic heterocycles. The smallest absolute Gasteiger partial charge is 0.191 e. The number of nitrogens with zero attached hydrogens (tertiary/aromatic N) is 4. The molecule has 0 aliphatic carbocycles. The summed E-state index contributed by atoms with van der Waals surface area (Å²) in [6, 6.07) is 18.4. The highest BCUT2D eigenvalue weighted by atomic mass is 127. The summed E-state index contributed by atoms with van der Waals surface area (Å²) >= 11 is 0. The third-order valence-corrected chi connectivity index (χ3v) is 5.52. The van der Waals surface area contributed by atoms with Crippen LogP contribution in [0, 0.1) is 0 Å². The first kappa shape index (κ1) is 26.0. The van der Waals surface area contributed by atoms with Crippen molar-refractivity contribution in [1.82, 2.24) is 25.4 Å². The zero-order valence-corrected chi connectivity index (χ0v) is 22.1. The third-order valence-electron chi connectivity index (χ3n) is 5.52. The van der Waals surface area contributed by atoms with Gasteiger partial charge in [0.15, 0.2) is 11.8 Å². The highest BCUT2D eigenvalue weighted by molar-refractivity contribution is 14.0. The maximum atomic E-state index is 5.96. The van der Waals surface area contributed by atoms with Crippen molar-refractivity contribution < 1.29 is 9.47 Å². The molecule has 0 spiro atoms. The average Bonchev–Trinajstić information content (AvgIpc) is 3.24. The molecule has 1 unspecified atom stereocenters. The molecule has 0 fully saturated rings. The highest BCUT2D eigenvalue weighted by Crippen LogP contribution is 2.16. The minimum absolute atomic E-state index is 0. The molecule has 1 atom stereocenters. The number of aromatic nitrogens is 3. The SMILES string of the molecule is CCNC(=NCc1ccccc1COc1ccccc1)NC1CCc2nc(COC)nn2C1.I. The van der Waals surface area contributed by atoms with Crippen LogP contribution in [0.1, 0.15) is 36.1 Å². The van der Waals surface area contributed by atoms with Crippen LogP contribution < -0.4 is 15.4 Å². The van der Waals surface area contributed by atoms with Crippen LogP contribution in [0.15, 0.2) is 59.6 Å². The van der Waals surface area contributed by atoms with Crippen molar-refractivity contribution in [2.24, 2.45) is 4.99 Å². The number of hydrogen-bond donors (Lipinski definition) is 2. The summed E-state index contributed by atoms with van der Waals surface area (Å²) in [5.41, 5.74) is 2.29. The van der Waals surface area contributed by atoms with E-state index in [1.807, 2.05) is 47.1 Å². The molecule has 2 aromatic carbocycles. The summed E-state index contributed by atoms with van der Waals surface area (Å²) in [6.45, 7) is 5.16. The van der Waals surface area contributed by atoms with E-state index < -0.39 is 0 Å². The minimum Gasteiger partial charge on any atom is -0.489 e. The molecule has 0 saturated carbocycles. The number of guanidine groups is 1. The molecule has 9 heteroatoms. The Labute approximate surface area is 218 Å². The van der Waals surface area contributed by atoms with Gasteiger partial charge >= 0.3 is 0 Å². The average molecular weight is 576 g/mol. The van der Waals surface area contributed by atoms with Gasteiger partial charge in [0, 0.05) is 26.1 Å². The molecule has 0 saturated heterocycles. The Balaban J connectivity index is 0.00000324.